The zero-order chi connectivity index (χ0) is 14.1. The van der Waals surface area contributed by atoms with Crippen LogP contribution in [0.5, 0.6) is 0 Å². The first kappa shape index (κ1) is 15.7. The summed E-state index contributed by atoms with van der Waals surface area (Å²) in [7, 11) is 3.90. The molecule has 0 aromatic carbocycles. The lowest BCUT2D eigenvalue weighted by Crippen LogP contribution is -2.32. The molecule has 0 atom stereocenters. The molecule has 0 radical (unpaired) electrons. The van der Waals surface area contributed by atoms with Crippen LogP contribution in [0.25, 0.3) is 0 Å². The second-order valence-electron chi connectivity index (χ2n) is 4.51. The molecule has 106 valence electrons. The SMILES string of the molecule is CN(C)CCNC(=O)CCC(=O)NCc1cccs1. The molecule has 0 spiro atoms. The number of amides is 2. The summed E-state index contributed by atoms with van der Waals surface area (Å²) in [4.78, 5) is 26.1. The number of hydrogen-bond donors (Lipinski definition) is 2. The minimum absolute atomic E-state index is 0.0758. The standard InChI is InChI=1S/C13H21N3O2S/c1-16(2)8-7-14-12(17)5-6-13(18)15-10-11-4-3-9-19-11/h3-4,9H,5-8,10H2,1-2H3,(H,14,17)(H,15,18). The molecule has 0 saturated heterocycles. The molecular formula is C13H21N3O2S. The van der Waals surface area contributed by atoms with Gasteiger partial charge in [0.05, 0.1) is 6.54 Å². The van der Waals surface area contributed by atoms with Crippen molar-refractivity contribution in [1.82, 2.24) is 15.5 Å². The van der Waals surface area contributed by atoms with E-state index in [0.717, 1.165) is 11.4 Å². The Morgan fingerprint density at radius 2 is 1.89 bits per heavy atom. The van der Waals surface area contributed by atoms with Crippen molar-refractivity contribution in [2.24, 2.45) is 0 Å². The Balaban J connectivity index is 2.07. The number of rotatable bonds is 8. The Hall–Kier alpha value is -1.40. The fourth-order valence-electron chi connectivity index (χ4n) is 1.42. The van der Waals surface area contributed by atoms with Crippen LogP contribution in [-0.4, -0.2) is 43.9 Å². The Morgan fingerprint density at radius 1 is 1.21 bits per heavy atom. The van der Waals surface area contributed by atoms with E-state index in [4.69, 9.17) is 0 Å². The first-order valence-corrected chi connectivity index (χ1v) is 7.16. The third-order valence-electron chi connectivity index (χ3n) is 2.50. The van der Waals surface area contributed by atoms with Crippen LogP contribution in [0, 0.1) is 0 Å². The summed E-state index contributed by atoms with van der Waals surface area (Å²) < 4.78 is 0. The van der Waals surface area contributed by atoms with E-state index in [9.17, 15) is 9.59 Å². The zero-order valence-corrected chi connectivity index (χ0v) is 12.3. The lowest BCUT2D eigenvalue weighted by atomic mass is 10.2. The number of carbonyl (C=O) groups excluding carboxylic acids is 2. The number of hydrogen-bond acceptors (Lipinski definition) is 4. The fraction of sp³-hybridized carbons (Fsp3) is 0.538. The lowest BCUT2D eigenvalue weighted by molar-refractivity contribution is -0.126. The summed E-state index contributed by atoms with van der Waals surface area (Å²) in [6.45, 7) is 1.96. The normalized spacial score (nSPS) is 10.5. The topological polar surface area (TPSA) is 61.4 Å². The van der Waals surface area contributed by atoms with Crippen molar-refractivity contribution in [3.05, 3.63) is 22.4 Å². The Morgan fingerprint density at radius 3 is 2.47 bits per heavy atom. The van der Waals surface area contributed by atoms with E-state index >= 15 is 0 Å². The molecule has 0 bridgehead atoms. The molecule has 19 heavy (non-hydrogen) atoms. The van der Waals surface area contributed by atoms with Gasteiger partial charge in [0.1, 0.15) is 0 Å². The van der Waals surface area contributed by atoms with Gasteiger partial charge in [0.15, 0.2) is 0 Å². The van der Waals surface area contributed by atoms with Crippen LogP contribution in [-0.2, 0) is 16.1 Å². The van der Waals surface area contributed by atoms with Crippen molar-refractivity contribution in [3.63, 3.8) is 0 Å². The van der Waals surface area contributed by atoms with Gasteiger partial charge in [-0.1, -0.05) is 6.07 Å². The molecule has 0 saturated carbocycles. The van der Waals surface area contributed by atoms with Gasteiger partial charge in [0.25, 0.3) is 0 Å². The van der Waals surface area contributed by atoms with Gasteiger partial charge in [-0.05, 0) is 25.5 Å². The van der Waals surface area contributed by atoms with Crippen LogP contribution in [0.15, 0.2) is 17.5 Å². The smallest absolute Gasteiger partial charge is 0.220 e. The Bertz CT molecular complexity index is 391. The molecule has 2 N–H and O–H groups in total. The lowest BCUT2D eigenvalue weighted by Gasteiger charge is -2.10. The quantitative estimate of drug-likeness (QED) is 0.742. The maximum Gasteiger partial charge on any atom is 0.220 e. The maximum absolute atomic E-state index is 11.5. The highest BCUT2D eigenvalue weighted by Crippen LogP contribution is 2.07. The summed E-state index contributed by atoms with van der Waals surface area (Å²) in [5.41, 5.74) is 0. The molecule has 0 unspecified atom stereocenters. The molecule has 6 heteroatoms. The summed E-state index contributed by atoms with van der Waals surface area (Å²) in [6, 6.07) is 3.92. The average molecular weight is 283 g/mol. The summed E-state index contributed by atoms with van der Waals surface area (Å²) in [5, 5.41) is 7.55. The third kappa shape index (κ3) is 7.58. The van der Waals surface area contributed by atoms with Gasteiger partial charge in [0, 0.05) is 30.8 Å². The molecule has 1 aromatic rings. The molecular weight excluding hydrogens is 262 g/mol. The van der Waals surface area contributed by atoms with Crippen molar-refractivity contribution in [1.29, 1.82) is 0 Å². The maximum atomic E-state index is 11.5. The molecule has 5 nitrogen and oxygen atoms in total. The zero-order valence-electron chi connectivity index (χ0n) is 11.4. The molecule has 1 heterocycles. The molecule has 0 fully saturated rings. The van der Waals surface area contributed by atoms with Crippen LogP contribution in [0.4, 0.5) is 0 Å². The van der Waals surface area contributed by atoms with Crippen LogP contribution in [0.2, 0.25) is 0 Å². The van der Waals surface area contributed by atoms with Crippen molar-refractivity contribution < 1.29 is 9.59 Å². The van der Waals surface area contributed by atoms with Crippen molar-refractivity contribution in [3.8, 4) is 0 Å². The van der Waals surface area contributed by atoms with E-state index in [0.29, 0.717) is 13.1 Å². The van der Waals surface area contributed by atoms with E-state index in [1.54, 1.807) is 11.3 Å². The minimum Gasteiger partial charge on any atom is -0.355 e. The first-order valence-electron chi connectivity index (χ1n) is 6.28. The third-order valence-corrected chi connectivity index (χ3v) is 3.38. The highest BCUT2D eigenvalue weighted by atomic mass is 32.1. The predicted octanol–water partition coefficient (Wildman–Crippen LogP) is 0.822. The van der Waals surface area contributed by atoms with Gasteiger partial charge in [0.2, 0.25) is 11.8 Å². The van der Waals surface area contributed by atoms with Crippen LogP contribution in [0.1, 0.15) is 17.7 Å². The van der Waals surface area contributed by atoms with E-state index < -0.39 is 0 Å². The predicted molar refractivity (Wildman–Crippen MR) is 77.0 cm³/mol. The average Bonchev–Trinajstić information content (AvgIpc) is 2.86. The van der Waals surface area contributed by atoms with E-state index in [1.807, 2.05) is 36.5 Å². The van der Waals surface area contributed by atoms with Crippen molar-refractivity contribution >= 4 is 23.2 Å². The van der Waals surface area contributed by atoms with Gasteiger partial charge in [-0.15, -0.1) is 11.3 Å². The van der Waals surface area contributed by atoms with Gasteiger partial charge in [-0.2, -0.15) is 0 Å². The van der Waals surface area contributed by atoms with Gasteiger partial charge >= 0.3 is 0 Å². The summed E-state index contributed by atoms with van der Waals surface area (Å²) in [6.07, 6.45) is 0.475. The second-order valence-corrected chi connectivity index (χ2v) is 5.54. The highest BCUT2D eigenvalue weighted by molar-refractivity contribution is 7.09. The van der Waals surface area contributed by atoms with Crippen molar-refractivity contribution in [2.75, 3.05) is 27.2 Å². The van der Waals surface area contributed by atoms with E-state index in [2.05, 4.69) is 10.6 Å². The Labute approximate surface area is 118 Å². The number of nitrogens with zero attached hydrogens (tertiary/aromatic N) is 1. The monoisotopic (exact) mass is 283 g/mol. The minimum atomic E-state index is -0.0869. The molecule has 0 aliphatic rings. The van der Waals surface area contributed by atoms with E-state index in [1.165, 1.54) is 0 Å². The molecule has 2 amide bonds. The highest BCUT2D eigenvalue weighted by Gasteiger charge is 2.06. The van der Waals surface area contributed by atoms with E-state index in [-0.39, 0.29) is 24.7 Å². The van der Waals surface area contributed by atoms with Gasteiger partial charge < -0.3 is 15.5 Å². The molecule has 1 rings (SSSR count). The van der Waals surface area contributed by atoms with Crippen LogP contribution < -0.4 is 10.6 Å². The summed E-state index contributed by atoms with van der Waals surface area (Å²) in [5.74, 6) is -0.163. The second kappa shape index (κ2) is 8.66. The number of thiophene rings is 1. The Kier molecular flexibility index (Phi) is 7.14. The number of likely N-dealkylation sites (N-methyl/N-ethyl adjacent to an activating group) is 1. The van der Waals surface area contributed by atoms with Crippen LogP contribution >= 0.6 is 11.3 Å². The van der Waals surface area contributed by atoms with Gasteiger partial charge in [-0.3, -0.25) is 9.59 Å². The largest absolute Gasteiger partial charge is 0.355 e. The summed E-state index contributed by atoms with van der Waals surface area (Å²) >= 11 is 1.60. The molecule has 0 aliphatic carbocycles. The van der Waals surface area contributed by atoms with Crippen molar-refractivity contribution in [2.45, 2.75) is 19.4 Å². The molecule has 0 aliphatic heterocycles. The van der Waals surface area contributed by atoms with Gasteiger partial charge in [-0.25, -0.2) is 0 Å². The number of nitrogens with one attached hydrogen (secondary N) is 2. The fourth-order valence-corrected chi connectivity index (χ4v) is 2.07. The number of carbonyl (C=O) groups is 2. The first-order chi connectivity index (χ1) is 9.08. The molecule has 1 aromatic heterocycles. The van der Waals surface area contributed by atoms with Crippen LogP contribution in [0.3, 0.4) is 0 Å².